The molecule has 2 rings (SSSR count). The molecule has 0 fully saturated rings. The Morgan fingerprint density at radius 1 is 0.880 bits per heavy atom. The van der Waals surface area contributed by atoms with Gasteiger partial charge in [0.1, 0.15) is 0 Å². The van der Waals surface area contributed by atoms with E-state index >= 15 is 0 Å². The SMILES string of the molecule is Cc1ccc(CS(=O)(=O)NCCCc2ccc(S(N)(=O)=O)cc2)cc1. The maximum Gasteiger partial charge on any atom is 0.238 e. The zero-order valence-corrected chi connectivity index (χ0v) is 15.6. The molecule has 0 aliphatic rings. The minimum absolute atomic E-state index is 0.0453. The highest BCUT2D eigenvalue weighted by atomic mass is 32.2. The third-order valence-corrected chi connectivity index (χ3v) is 5.98. The van der Waals surface area contributed by atoms with Crippen LogP contribution in [0.5, 0.6) is 0 Å². The molecule has 2 aromatic rings. The highest BCUT2D eigenvalue weighted by Gasteiger charge is 2.11. The summed E-state index contributed by atoms with van der Waals surface area (Å²) in [5.74, 6) is -0.0453. The molecule has 25 heavy (non-hydrogen) atoms. The normalized spacial score (nSPS) is 12.2. The van der Waals surface area contributed by atoms with E-state index in [0.29, 0.717) is 19.4 Å². The van der Waals surface area contributed by atoms with Crippen LogP contribution in [0.3, 0.4) is 0 Å². The first-order valence-electron chi connectivity index (χ1n) is 7.80. The molecule has 0 saturated carbocycles. The molecule has 0 bridgehead atoms. The van der Waals surface area contributed by atoms with Crippen LogP contribution >= 0.6 is 0 Å². The maximum atomic E-state index is 12.1. The van der Waals surface area contributed by atoms with Gasteiger partial charge in [0.05, 0.1) is 10.6 Å². The molecule has 0 atom stereocenters. The number of benzene rings is 2. The second-order valence-electron chi connectivity index (χ2n) is 5.93. The third kappa shape index (κ3) is 6.58. The predicted molar refractivity (Wildman–Crippen MR) is 97.9 cm³/mol. The van der Waals surface area contributed by atoms with Crippen LogP contribution in [0.2, 0.25) is 0 Å². The van der Waals surface area contributed by atoms with E-state index in [0.717, 1.165) is 16.7 Å². The zero-order chi connectivity index (χ0) is 18.5. The Kier molecular flexibility index (Phi) is 6.34. The van der Waals surface area contributed by atoms with Crippen molar-refractivity contribution < 1.29 is 16.8 Å². The second kappa shape index (κ2) is 8.09. The Bertz CT molecular complexity index is 904. The van der Waals surface area contributed by atoms with E-state index in [1.807, 2.05) is 31.2 Å². The van der Waals surface area contributed by atoms with Crippen LogP contribution < -0.4 is 9.86 Å². The van der Waals surface area contributed by atoms with Crippen molar-refractivity contribution in [3.63, 3.8) is 0 Å². The molecule has 0 amide bonds. The minimum Gasteiger partial charge on any atom is -0.225 e. The van der Waals surface area contributed by atoms with Crippen LogP contribution in [0.4, 0.5) is 0 Å². The van der Waals surface area contributed by atoms with Crippen LogP contribution in [0, 0.1) is 6.92 Å². The van der Waals surface area contributed by atoms with Crippen molar-refractivity contribution in [3.05, 3.63) is 65.2 Å². The first-order chi connectivity index (χ1) is 11.7. The van der Waals surface area contributed by atoms with E-state index in [1.165, 1.54) is 12.1 Å². The number of sulfonamides is 2. The molecule has 0 aliphatic heterocycles. The molecule has 0 aromatic heterocycles. The Morgan fingerprint density at radius 3 is 2.00 bits per heavy atom. The molecule has 0 saturated heterocycles. The molecule has 6 nitrogen and oxygen atoms in total. The smallest absolute Gasteiger partial charge is 0.225 e. The fourth-order valence-electron chi connectivity index (χ4n) is 2.32. The van der Waals surface area contributed by atoms with Gasteiger partial charge in [-0.25, -0.2) is 26.7 Å². The topological polar surface area (TPSA) is 106 Å². The number of rotatable bonds is 8. The van der Waals surface area contributed by atoms with Gasteiger partial charge in [-0.3, -0.25) is 0 Å². The molecule has 136 valence electrons. The lowest BCUT2D eigenvalue weighted by Crippen LogP contribution is -2.26. The molecule has 3 N–H and O–H groups in total. The van der Waals surface area contributed by atoms with E-state index < -0.39 is 20.0 Å². The van der Waals surface area contributed by atoms with Crippen molar-refractivity contribution in [2.24, 2.45) is 5.14 Å². The Morgan fingerprint density at radius 2 is 1.44 bits per heavy atom. The summed E-state index contributed by atoms with van der Waals surface area (Å²) in [5, 5.41) is 5.04. The maximum absolute atomic E-state index is 12.1. The molecular formula is C17H22N2O4S2. The van der Waals surface area contributed by atoms with Gasteiger partial charge in [0.25, 0.3) is 0 Å². The summed E-state index contributed by atoms with van der Waals surface area (Å²) in [7, 11) is -7.06. The predicted octanol–water partition coefficient (Wildman–Crippen LogP) is 1.69. The quantitative estimate of drug-likeness (QED) is 0.678. The summed E-state index contributed by atoms with van der Waals surface area (Å²) in [6.07, 6.45) is 1.25. The Labute approximate surface area is 149 Å². The number of aryl methyl sites for hydroxylation is 2. The summed E-state index contributed by atoms with van der Waals surface area (Å²) in [6, 6.07) is 13.6. The van der Waals surface area contributed by atoms with Gasteiger partial charge < -0.3 is 0 Å². The lowest BCUT2D eigenvalue weighted by Gasteiger charge is -2.07. The van der Waals surface area contributed by atoms with Crippen LogP contribution in [0.1, 0.15) is 23.1 Å². The van der Waals surface area contributed by atoms with Gasteiger partial charge in [0.15, 0.2) is 0 Å². The molecule has 8 heteroatoms. The summed E-state index contributed by atoms with van der Waals surface area (Å²) in [6.45, 7) is 2.27. The first kappa shape index (κ1) is 19.6. The highest BCUT2D eigenvalue weighted by molar-refractivity contribution is 7.89. The van der Waals surface area contributed by atoms with Gasteiger partial charge in [-0.15, -0.1) is 0 Å². The van der Waals surface area contributed by atoms with Crippen molar-refractivity contribution in [3.8, 4) is 0 Å². The van der Waals surface area contributed by atoms with Gasteiger partial charge in [-0.1, -0.05) is 42.0 Å². The Balaban J connectivity index is 1.81. The van der Waals surface area contributed by atoms with Crippen LogP contribution in [0.15, 0.2) is 53.4 Å². The highest BCUT2D eigenvalue weighted by Crippen LogP contribution is 2.11. The molecule has 0 aliphatic carbocycles. The van der Waals surface area contributed by atoms with E-state index in [1.54, 1.807) is 12.1 Å². The fraction of sp³-hybridized carbons (Fsp3) is 0.294. The molecule has 0 radical (unpaired) electrons. The van der Waals surface area contributed by atoms with Crippen LogP contribution in [-0.2, 0) is 32.2 Å². The van der Waals surface area contributed by atoms with Gasteiger partial charge >= 0.3 is 0 Å². The summed E-state index contributed by atoms with van der Waals surface area (Å²) in [4.78, 5) is 0.0649. The number of nitrogens with two attached hydrogens (primary N) is 1. The molecule has 0 spiro atoms. The van der Waals surface area contributed by atoms with E-state index in [4.69, 9.17) is 5.14 Å². The number of nitrogens with one attached hydrogen (secondary N) is 1. The minimum atomic E-state index is -3.69. The van der Waals surface area contributed by atoms with E-state index in [2.05, 4.69) is 4.72 Å². The largest absolute Gasteiger partial charge is 0.238 e. The third-order valence-electron chi connectivity index (χ3n) is 3.69. The monoisotopic (exact) mass is 382 g/mol. The lowest BCUT2D eigenvalue weighted by molar-refractivity contribution is 0.578. The van der Waals surface area contributed by atoms with Crippen LogP contribution in [-0.4, -0.2) is 23.4 Å². The fourth-order valence-corrected chi connectivity index (χ4v) is 4.02. The van der Waals surface area contributed by atoms with Gasteiger partial charge in [-0.2, -0.15) is 0 Å². The van der Waals surface area contributed by atoms with Crippen molar-refractivity contribution in [1.82, 2.24) is 4.72 Å². The Hall–Kier alpha value is -1.74. The van der Waals surface area contributed by atoms with Crippen molar-refractivity contribution in [2.45, 2.75) is 30.4 Å². The molecular weight excluding hydrogens is 360 g/mol. The van der Waals surface area contributed by atoms with Gasteiger partial charge in [0.2, 0.25) is 20.0 Å². The second-order valence-corrected chi connectivity index (χ2v) is 9.30. The number of hydrogen-bond acceptors (Lipinski definition) is 4. The van der Waals surface area contributed by atoms with E-state index in [9.17, 15) is 16.8 Å². The first-order valence-corrected chi connectivity index (χ1v) is 11.0. The van der Waals surface area contributed by atoms with Gasteiger partial charge in [-0.05, 0) is 43.0 Å². The van der Waals surface area contributed by atoms with Crippen molar-refractivity contribution in [2.75, 3.05) is 6.54 Å². The molecule has 2 aromatic carbocycles. The van der Waals surface area contributed by atoms with Crippen molar-refractivity contribution in [1.29, 1.82) is 0 Å². The summed E-state index contributed by atoms with van der Waals surface area (Å²) in [5.41, 5.74) is 2.75. The average molecular weight is 383 g/mol. The zero-order valence-electron chi connectivity index (χ0n) is 14.0. The van der Waals surface area contributed by atoms with Crippen molar-refractivity contribution >= 4 is 20.0 Å². The summed E-state index contributed by atoms with van der Waals surface area (Å²) < 4.78 is 49.1. The summed E-state index contributed by atoms with van der Waals surface area (Å²) >= 11 is 0. The average Bonchev–Trinajstić information content (AvgIpc) is 2.53. The molecule has 0 unspecified atom stereocenters. The number of primary sulfonamides is 1. The van der Waals surface area contributed by atoms with Gasteiger partial charge in [0, 0.05) is 6.54 Å². The lowest BCUT2D eigenvalue weighted by atomic mass is 10.1. The standard InChI is InChI=1S/C17H22N2O4S2/c1-14-4-6-16(7-5-14)13-24(20,21)19-12-2-3-15-8-10-17(11-9-15)25(18,22)23/h4-11,19H,2-3,12-13H2,1H3,(H2,18,22,23). The van der Waals surface area contributed by atoms with E-state index in [-0.39, 0.29) is 10.6 Å². The number of hydrogen-bond donors (Lipinski definition) is 2. The van der Waals surface area contributed by atoms with Crippen LogP contribution in [0.25, 0.3) is 0 Å². The molecule has 0 heterocycles.